The van der Waals surface area contributed by atoms with E-state index in [-0.39, 0.29) is 17.8 Å². The number of benzene rings is 2. The van der Waals surface area contributed by atoms with Crippen LogP contribution in [0.25, 0.3) is 10.9 Å². The van der Waals surface area contributed by atoms with Gasteiger partial charge in [0.05, 0.1) is 0 Å². The molecule has 1 amide bonds. The van der Waals surface area contributed by atoms with E-state index in [1.165, 1.54) is 6.07 Å². The molecular weight excluding hydrogens is 291 g/mol. The highest BCUT2D eigenvalue weighted by Crippen LogP contribution is 2.29. The predicted octanol–water partition coefficient (Wildman–Crippen LogP) is 3.59. The standard InChI is InChI=1S/C19H17FN2O/c20-13-6-8-17-15(10-13)16-11-14(7-9-18(16)22-17)21-19(23)12-4-2-1-3-5-12/h1-6,8,10,14,22H,7,9,11H2,(H,21,23). The second-order valence-electron chi connectivity index (χ2n) is 6.05. The number of amides is 1. The summed E-state index contributed by atoms with van der Waals surface area (Å²) in [4.78, 5) is 15.7. The monoisotopic (exact) mass is 308 g/mol. The summed E-state index contributed by atoms with van der Waals surface area (Å²) in [5, 5.41) is 4.03. The molecule has 1 atom stereocenters. The Hall–Kier alpha value is -2.62. The van der Waals surface area contributed by atoms with Crippen LogP contribution >= 0.6 is 0 Å². The molecule has 3 nitrogen and oxygen atoms in total. The molecule has 4 rings (SSSR count). The number of rotatable bonds is 2. The smallest absolute Gasteiger partial charge is 0.251 e. The van der Waals surface area contributed by atoms with Gasteiger partial charge in [0.15, 0.2) is 0 Å². The van der Waals surface area contributed by atoms with Gasteiger partial charge in [-0.15, -0.1) is 0 Å². The zero-order valence-electron chi connectivity index (χ0n) is 12.6. The van der Waals surface area contributed by atoms with E-state index in [1.54, 1.807) is 12.1 Å². The van der Waals surface area contributed by atoms with Crippen LogP contribution in [-0.2, 0) is 12.8 Å². The maximum absolute atomic E-state index is 13.5. The molecule has 0 radical (unpaired) electrons. The minimum absolute atomic E-state index is 0.0509. The number of carbonyl (C=O) groups excluding carboxylic acids is 1. The van der Waals surface area contributed by atoms with Crippen molar-refractivity contribution in [2.45, 2.75) is 25.3 Å². The first-order valence-electron chi connectivity index (χ1n) is 7.85. The van der Waals surface area contributed by atoms with Crippen molar-refractivity contribution in [3.05, 3.63) is 71.2 Å². The molecule has 1 unspecified atom stereocenters. The van der Waals surface area contributed by atoms with Gasteiger partial charge in [0.1, 0.15) is 5.82 Å². The van der Waals surface area contributed by atoms with E-state index in [0.717, 1.165) is 41.4 Å². The van der Waals surface area contributed by atoms with Crippen LogP contribution < -0.4 is 5.32 Å². The molecule has 2 aromatic carbocycles. The van der Waals surface area contributed by atoms with Crippen molar-refractivity contribution < 1.29 is 9.18 Å². The lowest BCUT2D eigenvalue weighted by molar-refractivity contribution is 0.0933. The summed E-state index contributed by atoms with van der Waals surface area (Å²) in [5.41, 5.74) is 3.93. The summed E-state index contributed by atoms with van der Waals surface area (Å²) in [6.07, 6.45) is 2.49. The molecule has 4 heteroatoms. The molecule has 116 valence electrons. The van der Waals surface area contributed by atoms with Gasteiger partial charge in [-0.05, 0) is 55.2 Å². The molecular formula is C19H17FN2O. The number of aromatic nitrogens is 1. The highest BCUT2D eigenvalue weighted by molar-refractivity contribution is 5.94. The molecule has 1 heterocycles. The second kappa shape index (κ2) is 5.54. The minimum atomic E-state index is -0.227. The Bertz CT molecular complexity index is 870. The fraction of sp³-hybridized carbons (Fsp3) is 0.211. The number of nitrogens with one attached hydrogen (secondary N) is 2. The minimum Gasteiger partial charge on any atom is -0.358 e. The van der Waals surface area contributed by atoms with Gasteiger partial charge in [-0.2, -0.15) is 0 Å². The third kappa shape index (κ3) is 2.61. The first-order chi connectivity index (χ1) is 11.2. The van der Waals surface area contributed by atoms with Crippen LogP contribution in [0, 0.1) is 5.82 Å². The number of H-pyrrole nitrogens is 1. The van der Waals surface area contributed by atoms with Crippen molar-refractivity contribution in [2.24, 2.45) is 0 Å². The van der Waals surface area contributed by atoms with E-state index in [2.05, 4.69) is 10.3 Å². The summed E-state index contributed by atoms with van der Waals surface area (Å²) in [6.45, 7) is 0. The fourth-order valence-corrected chi connectivity index (χ4v) is 3.37. The normalized spacial score (nSPS) is 17.0. The Kier molecular flexibility index (Phi) is 3.37. The fourth-order valence-electron chi connectivity index (χ4n) is 3.37. The van der Waals surface area contributed by atoms with Gasteiger partial charge in [0, 0.05) is 28.2 Å². The van der Waals surface area contributed by atoms with Gasteiger partial charge in [-0.3, -0.25) is 4.79 Å². The van der Waals surface area contributed by atoms with Crippen LogP contribution in [0.4, 0.5) is 4.39 Å². The zero-order valence-corrected chi connectivity index (χ0v) is 12.6. The highest BCUT2D eigenvalue weighted by Gasteiger charge is 2.24. The third-order valence-corrected chi connectivity index (χ3v) is 4.52. The van der Waals surface area contributed by atoms with Crippen molar-refractivity contribution >= 4 is 16.8 Å². The lowest BCUT2D eigenvalue weighted by atomic mass is 9.91. The molecule has 0 aliphatic heterocycles. The van der Waals surface area contributed by atoms with Crippen molar-refractivity contribution in [3.63, 3.8) is 0 Å². The predicted molar refractivity (Wildman–Crippen MR) is 88.0 cm³/mol. The van der Waals surface area contributed by atoms with E-state index in [4.69, 9.17) is 0 Å². The molecule has 1 aliphatic carbocycles. The Morgan fingerprint density at radius 2 is 2.00 bits per heavy atom. The van der Waals surface area contributed by atoms with Crippen LogP contribution in [0.15, 0.2) is 48.5 Å². The van der Waals surface area contributed by atoms with Crippen LogP contribution in [0.2, 0.25) is 0 Å². The first kappa shape index (κ1) is 14.0. The van der Waals surface area contributed by atoms with Crippen LogP contribution in [0.5, 0.6) is 0 Å². The molecule has 0 spiro atoms. The summed E-state index contributed by atoms with van der Waals surface area (Å²) in [7, 11) is 0. The Balaban J connectivity index is 1.57. The molecule has 0 saturated carbocycles. The average Bonchev–Trinajstić information content (AvgIpc) is 2.93. The van der Waals surface area contributed by atoms with E-state index < -0.39 is 0 Å². The highest BCUT2D eigenvalue weighted by atomic mass is 19.1. The van der Waals surface area contributed by atoms with Gasteiger partial charge in [-0.25, -0.2) is 4.39 Å². The van der Waals surface area contributed by atoms with Gasteiger partial charge in [-0.1, -0.05) is 18.2 Å². The van der Waals surface area contributed by atoms with E-state index in [0.29, 0.717) is 5.56 Å². The SMILES string of the molecule is O=C(NC1CCc2[nH]c3ccc(F)cc3c2C1)c1ccccc1. The Labute approximate surface area is 133 Å². The second-order valence-corrected chi connectivity index (χ2v) is 6.05. The van der Waals surface area contributed by atoms with Crippen molar-refractivity contribution in [2.75, 3.05) is 0 Å². The van der Waals surface area contributed by atoms with Gasteiger partial charge in [0.2, 0.25) is 0 Å². The third-order valence-electron chi connectivity index (χ3n) is 4.52. The quantitative estimate of drug-likeness (QED) is 0.746. The molecule has 1 aromatic heterocycles. The molecule has 0 bridgehead atoms. The number of hydrogen-bond acceptors (Lipinski definition) is 1. The average molecular weight is 308 g/mol. The largest absolute Gasteiger partial charge is 0.358 e. The first-order valence-corrected chi connectivity index (χ1v) is 7.85. The number of aromatic amines is 1. The summed E-state index contributed by atoms with van der Waals surface area (Å²) < 4.78 is 13.5. The van der Waals surface area contributed by atoms with Crippen LogP contribution in [-0.4, -0.2) is 16.9 Å². The van der Waals surface area contributed by atoms with Gasteiger partial charge in [0.25, 0.3) is 5.91 Å². The van der Waals surface area contributed by atoms with E-state index >= 15 is 0 Å². The maximum Gasteiger partial charge on any atom is 0.251 e. The molecule has 0 saturated heterocycles. The number of halogens is 1. The number of carbonyl (C=O) groups is 1. The van der Waals surface area contributed by atoms with Crippen LogP contribution in [0.3, 0.4) is 0 Å². The van der Waals surface area contributed by atoms with E-state index in [1.807, 2.05) is 30.3 Å². The topological polar surface area (TPSA) is 44.9 Å². The number of hydrogen-bond donors (Lipinski definition) is 2. The molecule has 0 fully saturated rings. The van der Waals surface area contributed by atoms with Crippen molar-refractivity contribution in [1.29, 1.82) is 0 Å². The lowest BCUT2D eigenvalue weighted by Crippen LogP contribution is -2.38. The molecule has 3 aromatic rings. The summed E-state index contributed by atoms with van der Waals surface area (Å²) >= 11 is 0. The summed E-state index contributed by atoms with van der Waals surface area (Å²) in [5.74, 6) is -0.278. The zero-order chi connectivity index (χ0) is 15.8. The number of fused-ring (bicyclic) bond motifs is 3. The summed E-state index contributed by atoms with van der Waals surface area (Å²) in [6, 6.07) is 14.1. The van der Waals surface area contributed by atoms with Gasteiger partial charge < -0.3 is 10.3 Å². The molecule has 23 heavy (non-hydrogen) atoms. The van der Waals surface area contributed by atoms with Gasteiger partial charge >= 0.3 is 0 Å². The Morgan fingerprint density at radius 1 is 1.17 bits per heavy atom. The van der Waals surface area contributed by atoms with Crippen LogP contribution in [0.1, 0.15) is 28.0 Å². The molecule has 2 N–H and O–H groups in total. The molecule has 1 aliphatic rings. The Morgan fingerprint density at radius 3 is 2.83 bits per heavy atom. The lowest BCUT2D eigenvalue weighted by Gasteiger charge is -2.23. The maximum atomic E-state index is 13.5. The van der Waals surface area contributed by atoms with E-state index in [9.17, 15) is 9.18 Å². The number of aryl methyl sites for hydroxylation is 1. The van der Waals surface area contributed by atoms with Crippen molar-refractivity contribution in [1.82, 2.24) is 10.3 Å². The van der Waals surface area contributed by atoms with Crippen molar-refractivity contribution in [3.8, 4) is 0 Å².